The largest absolute Gasteiger partial charge is 0.450 e. The van der Waals surface area contributed by atoms with Gasteiger partial charge in [0.05, 0.1) is 26.5 Å². The molecule has 5 nitrogen and oxygen atoms in total. The molecule has 0 aliphatic carbocycles. The van der Waals surface area contributed by atoms with Gasteiger partial charge >= 0.3 is 6.09 Å². The molecule has 0 unspecified atom stereocenters. The molecule has 1 fully saturated rings. The van der Waals surface area contributed by atoms with Crippen LogP contribution in [0, 0.1) is 0 Å². The number of carbonyl (C=O) groups is 1. The standard InChI is InChI=1S/C10H20N2O3/c1-2-3-6-15-10(13)11-9-12-4-7-14-8-5-12/h2-9H2,1H3,(H,11,13). The van der Waals surface area contributed by atoms with E-state index in [0.29, 0.717) is 13.3 Å². The van der Waals surface area contributed by atoms with Crippen molar-refractivity contribution in [2.24, 2.45) is 0 Å². The van der Waals surface area contributed by atoms with Gasteiger partial charge < -0.3 is 14.8 Å². The van der Waals surface area contributed by atoms with Crippen LogP contribution in [0.3, 0.4) is 0 Å². The molecule has 88 valence electrons. The van der Waals surface area contributed by atoms with E-state index in [1.807, 2.05) is 0 Å². The molecule has 1 N–H and O–H groups in total. The summed E-state index contributed by atoms with van der Waals surface area (Å²) in [5.41, 5.74) is 0. The first-order chi connectivity index (χ1) is 7.33. The van der Waals surface area contributed by atoms with Gasteiger partial charge in [0.25, 0.3) is 0 Å². The van der Waals surface area contributed by atoms with Gasteiger partial charge in [0.1, 0.15) is 0 Å². The molecule has 0 aromatic carbocycles. The van der Waals surface area contributed by atoms with Crippen molar-refractivity contribution >= 4 is 6.09 Å². The number of amides is 1. The van der Waals surface area contributed by atoms with Crippen molar-refractivity contribution in [1.82, 2.24) is 10.2 Å². The Balaban J connectivity index is 2.00. The molecule has 1 aliphatic rings. The molecule has 0 radical (unpaired) electrons. The van der Waals surface area contributed by atoms with E-state index in [4.69, 9.17) is 9.47 Å². The van der Waals surface area contributed by atoms with Crippen LogP contribution in [-0.4, -0.2) is 50.6 Å². The van der Waals surface area contributed by atoms with E-state index in [1.165, 1.54) is 0 Å². The zero-order chi connectivity index (χ0) is 10.9. The molecule has 1 aliphatic heterocycles. The number of unbranched alkanes of at least 4 members (excludes halogenated alkanes) is 1. The van der Waals surface area contributed by atoms with Crippen LogP contribution >= 0.6 is 0 Å². The zero-order valence-electron chi connectivity index (χ0n) is 9.33. The van der Waals surface area contributed by atoms with E-state index < -0.39 is 0 Å². The second kappa shape index (κ2) is 7.48. The second-order valence-electron chi connectivity index (χ2n) is 3.55. The molecular weight excluding hydrogens is 196 g/mol. The number of rotatable bonds is 5. The summed E-state index contributed by atoms with van der Waals surface area (Å²) in [5.74, 6) is 0. The topological polar surface area (TPSA) is 50.8 Å². The van der Waals surface area contributed by atoms with Crippen molar-refractivity contribution in [2.45, 2.75) is 19.8 Å². The fourth-order valence-corrected chi connectivity index (χ4v) is 1.30. The number of nitrogens with zero attached hydrogens (tertiary/aromatic N) is 1. The maximum Gasteiger partial charge on any atom is 0.408 e. The van der Waals surface area contributed by atoms with Crippen molar-refractivity contribution in [1.29, 1.82) is 0 Å². The summed E-state index contributed by atoms with van der Waals surface area (Å²) in [7, 11) is 0. The molecule has 0 aromatic rings. The molecule has 1 amide bonds. The van der Waals surface area contributed by atoms with Crippen molar-refractivity contribution in [3.8, 4) is 0 Å². The Labute approximate surface area is 90.7 Å². The average molecular weight is 216 g/mol. The maximum absolute atomic E-state index is 11.2. The van der Waals surface area contributed by atoms with E-state index >= 15 is 0 Å². The Morgan fingerprint density at radius 3 is 2.87 bits per heavy atom. The lowest BCUT2D eigenvalue weighted by atomic mass is 10.4. The van der Waals surface area contributed by atoms with Gasteiger partial charge in [0, 0.05) is 13.1 Å². The Hall–Kier alpha value is -0.810. The number of nitrogens with one attached hydrogen (secondary N) is 1. The third kappa shape index (κ3) is 5.59. The van der Waals surface area contributed by atoms with Crippen LogP contribution in [0.15, 0.2) is 0 Å². The monoisotopic (exact) mass is 216 g/mol. The molecule has 0 spiro atoms. The summed E-state index contributed by atoms with van der Waals surface area (Å²) < 4.78 is 10.2. The highest BCUT2D eigenvalue weighted by Crippen LogP contribution is 1.94. The molecule has 1 saturated heterocycles. The van der Waals surface area contributed by atoms with Crippen molar-refractivity contribution in [2.75, 3.05) is 39.6 Å². The molecule has 0 atom stereocenters. The van der Waals surface area contributed by atoms with Crippen LogP contribution < -0.4 is 5.32 Å². The molecule has 15 heavy (non-hydrogen) atoms. The fourth-order valence-electron chi connectivity index (χ4n) is 1.30. The van der Waals surface area contributed by atoms with Gasteiger partial charge in [0.2, 0.25) is 0 Å². The van der Waals surface area contributed by atoms with Crippen LogP contribution in [-0.2, 0) is 9.47 Å². The Kier molecular flexibility index (Phi) is 6.11. The second-order valence-corrected chi connectivity index (χ2v) is 3.55. The summed E-state index contributed by atoms with van der Waals surface area (Å²) in [6.45, 7) is 6.35. The summed E-state index contributed by atoms with van der Waals surface area (Å²) in [5, 5.41) is 2.72. The van der Waals surface area contributed by atoms with Gasteiger partial charge in [-0.05, 0) is 6.42 Å². The lowest BCUT2D eigenvalue weighted by molar-refractivity contribution is 0.0332. The van der Waals surface area contributed by atoms with Crippen molar-refractivity contribution in [3.05, 3.63) is 0 Å². The number of hydrogen-bond donors (Lipinski definition) is 1. The number of alkyl carbamates (subject to hydrolysis) is 1. The van der Waals surface area contributed by atoms with Gasteiger partial charge in [-0.15, -0.1) is 0 Å². The number of carbonyl (C=O) groups excluding carboxylic acids is 1. The highest BCUT2D eigenvalue weighted by atomic mass is 16.5. The van der Waals surface area contributed by atoms with Crippen LogP contribution in [0.25, 0.3) is 0 Å². The number of hydrogen-bond acceptors (Lipinski definition) is 4. The van der Waals surface area contributed by atoms with Crippen LogP contribution in [0.5, 0.6) is 0 Å². The smallest absolute Gasteiger partial charge is 0.408 e. The molecule has 0 saturated carbocycles. The fraction of sp³-hybridized carbons (Fsp3) is 0.900. The minimum Gasteiger partial charge on any atom is -0.450 e. The van der Waals surface area contributed by atoms with Crippen LogP contribution in [0.1, 0.15) is 19.8 Å². The number of morpholine rings is 1. The predicted octanol–water partition coefficient (Wildman–Crippen LogP) is 0.802. The van der Waals surface area contributed by atoms with Crippen LogP contribution in [0.2, 0.25) is 0 Å². The minimum absolute atomic E-state index is 0.324. The normalized spacial score (nSPS) is 17.4. The molecular formula is C10H20N2O3. The van der Waals surface area contributed by atoms with Gasteiger partial charge in [-0.25, -0.2) is 4.79 Å². The molecule has 5 heteroatoms. The predicted molar refractivity (Wildman–Crippen MR) is 56.7 cm³/mol. The molecule has 1 rings (SSSR count). The van der Waals surface area contributed by atoms with E-state index in [9.17, 15) is 4.79 Å². The molecule has 0 bridgehead atoms. The van der Waals surface area contributed by atoms with E-state index in [1.54, 1.807) is 0 Å². The Morgan fingerprint density at radius 2 is 2.20 bits per heavy atom. The lowest BCUT2D eigenvalue weighted by Gasteiger charge is -2.26. The average Bonchev–Trinajstić information content (AvgIpc) is 2.28. The molecule has 1 heterocycles. The third-order valence-corrected chi connectivity index (χ3v) is 2.28. The van der Waals surface area contributed by atoms with Gasteiger partial charge in [-0.2, -0.15) is 0 Å². The maximum atomic E-state index is 11.2. The summed E-state index contributed by atoms with van der Waals surface area (Å²) in [6.07, 6.45) is 1.64. The lowest BCUT2D eigenvalue weighted by Crippen LogP contribution is -2.43. The Morgan fingerprint density at radius 1 is 1.47 bits per heavy atom. The first kappa shape index (κ1) is 12.3. The first-order valence-electron chi connectivity index (χ1n) is 5.53. The Bertz CT molecular complexity index is 182. The van der Waals surface area contributed by atoms with E-state index in [-0.39, 0.29) is 6.09 Å². The first-order valence-corrected chi connectivity index (χ1v) is 5.53. The van der Waals surface area contributed by atoms with Gasteiger partial charge in [-0.3, -0.25) is 4.90 Å². The third-order valence-electron chi connectivity index (χ3n) is 2.28. The van der Waals surface area contributed by atoms with E-state index in [2.05, 4.69) is 17.1 Å². The summed E-state index contributed by atoms with van der Waals surface area (Å²) in [4.78, 5) is 13.3. The van der Waals surface area contributed by atoms with Gasteiger partial charge in [-0.1, -0.05) is 13.3 Å². The van der Waals surface area contributed by atoms with Crippen LogP contribution in [0.4, 0.5) is 4.79 Å². The highest BCUT2D eigenvalue weighted by Gasteiger charge is 2.11. The van der Waals surface area contributed by atoms with Crippen molar-refractivity contribution < 1.29 is 14.3 Å². The SMILES string of the molecule is CCCCOC(=O)NCN1CCOCC1. The quantitative estimate of drug-likeness (QED) is 0.691. The summed E-state index contributed by atoms with van der Waals surface area (Å²) >= 11 is 0. The zero-order valence-corrected chi connectivity index (χ0v) is 9.33. The number of ether oxygens (including phenoxy) is 2. The van der Waals surface area contributed by atoms with Crippen molar-refractivity contribution in [3.63, 3.8) is 0 Å². The van der Waals surface area contributed by atoms with E-state index in [0.717, 1.165) is 39.1 Å². The molecule has 0 aromatic heterocycles. The minimum atomic E-state index is -0.324. The highest BCUT2D eigenvalue weighted by molar-refractivity contribution is 5.66. The van der Waals surface area contributed by atoms with Gasteiger partial charge in [0.15, 0.2) is 0 Å². The summed E-state index contributed by atoms with van der Waals surface area (Å²) in [6, 6.07) is 0.